The fourth-order valence-corrected chi connectivity index (χ4v) is 6.53. The van der Waals surface area contributed by atoms with Crippen molar-refractivity contribution in [3.63, 3.8) is 0 Å². The number of rotatable bonds is 17. The van der Waals surface area contributed by atoms with E-state index >= 15 is 0 Å². The van der Waals surface area contributed by atoms with Crippen LogP contribution in [0.1, 0.15) is 91.3 Å². The molecule has 1 atom stereocenters. The van der Waals surface area contributed by atoms with Gasteiger partial charge in [-0.1, -0.05) is 106 Å². The van der Waals surface area contributed by atoms with Crippen molar-refractivity contribution >= 4 is 40.3 Å². The van der Waals surface area contributed by atoms with Gasteiger partial charge in [-0.05, 0) is 66.3 Å². The number of ether oxygens (including phenoxy) is 2. The van der Waals surface area contributed by atoms with E-state index in [0.29, 0.717) is 53.1 Å². The van der Waals surface area contributed by atoms with E-state index in [1.807, 2.05) is 48.5 Å². The molecule has 0 radical (unpaired) electrons. The summed E-state index contributed by atoms with van der Waals surface area (Å²) in [6.45, 7) is 6.67. The molecule has 0 aliphatic heterocycles. The number of aryl methyl sites for hydroxylation is 2. The molecule has 52 heavy (non-hydrogen) atoms. The molecule has 1 unspecified atom stereocenters. The van der Waals surface area contributed by atoms with Gasteiger partial charge in [0.25, 0.3) is 5.56 Å². The van der Waals surface area contributed by atoms with E-state index in [0.717, 1.165) is 55.2 Å². The predicted molar refractivity (Wildman–Crippen MR) is 206 cm³/mol. The van der Waals surface area contributed by atoms with Gasteiger partial charge in [-0.25, -0.2) is 14.6 Å². The zero-order chi connectivity index (χ0) is 37.0. The van der Waals surface area contributed by atoms with Crippen LogP contribution >= 0.6 is 11.6 Å². The second kappa shape index (κ2) is 18.4. The number of amides is 1. The lowest BCUT2D eigenvalue weighted by molar-refractivity contribution is 0.0696. The highest BCUT2D eigenvalue weighted by molar-refractivity contribution is 6.34. The lowest BCUT2D eigenvalue weighted by atomic mass is 10.0. The monoisotopic (exact) mass is 723 g/mol. The maximum absolute atomic E-state index is 14.2. The van der Waals surface area contributed by atoms with Crippen molar-refractivity contribution in [2.45, 2.75) is 91.4 Å². The fraction of sp³-hybridized carbons (Fsp3) is 0.333. The van der Waals surface area contributed by atoms with Crippen LogP contribution < -0.4 is 15.6 Å². The minimum atomic E-state index is -1.09. The molecule has 0 saturated heterocycles. The summed E-state index contributed by atoms with van der Waals surface area (Å²) in [5, 5.41) is 12.8. The molecule has 0 aliphatic carbocycles. The number of aromatic carboxylic acids is 1. The van der Waals surface area contributed by atoms with Gasteiger partial charge in [0.05, 0.1) is 28.0 Å². The fourth-order valence-electron chi connectivity index (χ4n) is 6.26. The highest BCUT2D eigenvalue weighted by Gasteiger charge is 2.18. The molecule has 1 amide bonds. The summed E-state index contributed by atoms with van der Waals surface area (Å²) in [6, 6.07) is 25.9. The Kier molecular flexibility index (Phi) is 13.5. The number of carboxylic acid groups (broad SMARTS) is 1. The average Bonchev–Trinajstić information content (AvgIpc) is 3.13. The summed E-state index contributed by atoms with van der Waals surface area (Å²) in [6.07, 6.45) is 5.49. The highest BCUT2D eigenvalue weighted by Crippen LogP contribution is 2.27. The van der Waals surface area contributed by atoms with E-state index in [4.69, 9.17) is 26.1 Å². The van der Waals surface area contributed by atoms with Gasteiger partial charge in [0.15, 0.2) is 0 Å². The van der Waals surface area contributed by atoms with Crippen LogP contribution in [0.25, 0.3) is 10.9 Å². The number of aromatic nitrogens is 2. The number of nitrogens with one attached hydrogen (secondary N) is 1. The van der Waals surface area contributed by atoms with Crippen LogP contribution in [0.5, 0.6) is 5.75 Å². The molecule has 272 valence electrons. The number of anilines is 1. The van der Waals surface area contributed by atoms with Crippen LogP contribution in [0, 0.1) is 0 Å². The third kappa shape index (κ3) is 9.79. The van der Waals surface area contributed by atoms with Crippen LogP contribution in [0.2, 0.25) is 5.02 Å². The third-order valence-electron chi connectivity index (χ3n) is 8.90. The van der Waals surface area contributed by atoms with E-state index in [2.05, 4.69) is 26.1 Å². The molecule has 1 heterocycles. The molecular formula is C42H46ClN3O6. The highest BCUT2D eigenvalue weighted by atomic mass is 35.5. The Balaban J connectivity index is 1.38. The number of hydrogen-bond acceptors (Lipinski definition) is 6. The summed E-state index contributed by atoms with van der Waals surface area (Å²) in [5.74, 6) is 0.280. The molecule has 1 aromatic heterocycles. The number of benzene rings is 4. The average molecular weight is 724 g/mol. The number of hydrogen-bond donors (Lipinski definition) is 2. The van der Waals surface area contributed by atoms with Crippen molar-refractivity contribution < 1.29 is 24.2 Å². The minimum absolute atomic E-state index is 0.0301. The molecule has 0 fully saturated rings. The summed E-state index contributed by atoms with van der Waals surface area (Å²) < 4.78 is 13.7. The summed E-state index contributed by atoms with van der Waals surface area (Å²) in [4.78, 5) is 43.6. The Labute approximate surface area is 309 Å². The Morgan fingerprint density at radius 3 is 2.42 bits per heavy atom. The smallest absolute Gasteiger partial charge is 0.411 e. The van der Waals surface area contributed by atoms with E-state index in [-0.39, 0.29) is 28.9 Å². The second-order valence-electron chi connectivity index (χ2n) is 13.0. The van der Waals surface area contributed by atoms with Gasteiger partial charge in [-0.2, -0.15) is 0 Å². The van der Waals surface area contributed by atoms with Gasteiger partial charge < -0.3 is 14.6 Å². The van der Waals surface area contributed by atoms with Crippen molar-refractivity contribution in [1.29, 1.82) is 0 Å². The largest absolute Gasteiger partial charge is 0.489 e. The van der Waals surface area contributed by atoms with Crippen molar-refractivity contribution in [3.8, 4) is 5.75 Å². The van der Waals surface area contributed by atoms with Gasteiger partial charge in [0.1, 0.15) is 24.3 Å². The van der Waals surface area contributed by atoms with Crippen molar-refractivity contribution in [2.24, 2.45) is 0 Å². The first-order valence-corrected chi connectivity index (χ1v) is 18.4. The van der Waals surface area contributed by atoms with Gasteiger partial charge in [0, 0.05) is 24.1 Å². The summed E-state index contributed by atoms with van der Waals surface area (Å²) >= 11 is 6.36. The zero-order valence-electron chi connectivity index (χ0n) is 30.0. The topological polar surface area (TPSA) is 120 Å². The Hall–Kier alpha value is -5.15. The molecule has 5 aromatic rings. The maximum Gasteiger partial charge on any atom is 0.411 e. The molecule has 0 spiro atoms. The van der Waals surface area contributed by atoms with Gasteiger partial charge in [0.2, 0.25) is 0 Å². The van der Waals surface area contributed by atoms with E-state index in [1.54, 1.807) is 34.9 Å². The lowest BCUT2D eigenvalue weighted by Crippen LogP contribution is -2.27. The van der Waals surface area contributed by atoms with Crippen LogP contribution in [0.15, 0.2) is 89.7 Å². The van der Waals surface area contributed by atoms with Crippen molar-refractivity contribution in [1.82, 2.24) is 9.55 Å². The van der Waals surface area contributed by atoms with E-state index < -0.39 is 12.1 Å². The normalized spacial score (nSPS) is 11.7. The Bertz CT molecular complexity index is 2060. The quantitative estimate of drug-likeness (QED) is 0.0980. The minimum Gasteiger partial charge on any atom is -0.489 e. The molecule has 5 rings (SSSR count). The number of nitrogens with zero attached hydrogens (tertiary/aromatic N) is 2. The first kappa shape index (κ1) is 38.1. The zero-order valence-corrected chi connectivity index (χ0v) is 30.7. The van der Waals surface area contributed by atoms with E-state index in [9.17, 15) is 19.5 Å². The maximum atomic E-state index is 14.2. The number of unbranched alkanes of at least 4 members (excludes halogenated alkanes) is 1. The molecular weight excluding hydrogens is 678 g/mol. The SMILES string of the molecule is CCCCc1nc2ccc(NC(=O)OC(CCC)Cc3ccccc3)cc2c(=O)n1Cc1ccc(OCc2cccc(C(=O)O)c2Cl)c(CCC)c1. The number of fused-ring (bicyclic) bond motifs is 1. The molecule has 10 heteroatoms. The van der Waals surface area contributed by atoms with Crippen molar-refractivity contribution in [3.05, 3.63) is 134 Å². The number of carbonyl (C=O) groups excluding carboxylic acids is 1. The first-order valence-electron chi connectivity index (χ1n) is 18.0. The lowest BCUT2D eigenvalue weighted by Gasteiger charge is -2.18. The molecule has 0 aliphatic rings. The van der Waals surface area contributed by atoms with Crippen LogP contribution in [-0.4, -0.2) is 32.8 Å². The van der Waals surface area contributed by atoms with Gasteiger partial charge >= 0.3 is 12.1 Å². The molecule has 2 N–H and O–H groups in total. The number of carbonyl (C=O) groups is 2. The predicted octanol–water partition coefficient (Wildman–Crippen LogP) is 9.63. The summed E-state index contributed by atoms with van der Waals surface area (Å²) in [7, 11) is 0. The molecule has 0 saturated carbocycles. The Morgan fingerprint density at radius 1 is 0.885 bits per heavy atom. The number of halogens is 1. The van der Waals surface area contributed by atoms with Gasteiger partial charge in [-0.15, -0.1) is 0 Å². The standard InChI is InChI=1S/C42H46ClN3O6/c1-4-7-18-38-45-36-21-20-32(44-42(50)52-33(13-6-3)24-28-14-9-8-10-15-28)25-35(36)40(47)46(38)26-29-19-22-37(30(23-29)12-5-2)51-27-31-16-11-17-34(39(31)43)41(48)49/h8-11,14-17,19-23,25,33H,4-7,12-13,18,24,26-27H2,1-3H3,(H,44,50)(H,48,49). The third-order valence-corrected chi connectivity index (χ3v) is 9.35. The van der Waals surface area contributed by atoms with Gasteiger partial charge in [-0.3, -0.25) is 14.7 Å². The first-order chi connectivity index (χ1) is 25.2. The molecule has 9 nitrogen and oxygen atoms in total. The van der Waals surface area contributed by atoms with Crippen LogP contribution in [0.3, 0.4) is 0 Å². The van der Waals surface area contributed by atoms with Crippen LogP contribution in [0.4, 0.5) is 10.5 Å². The summed E-state index contributed by atoms with van der Waals surface area (Å²) in [5.41, 5.74) is 4.44. The van der Waals surface area contributed by atoms with Crippen LogP contribution in [-0.2, 0) is 37.2 Å². The molecule has 0 bridgehead atoms. The van der Waals surface area contributed by atoms with Crippen molar-refractivity contribution in [2.75, 3.05) is 5.32 Å². The number of carboxylic acids is 1. The Morgan fingerprint density at radius 2 is 1.69 bits per heavy atom. The second-order valence-corrected chi connectivity index (χ2v) is 13.3. The van der Waals surface area contributed by atoms with E-state index in [1.165, 1.54) is 6.07 Å². The molecule has 4 aromatic carbocycles.